The minimum Gasteiger partial charge on any atom is -0.265 e. The van der Waals surface area contributed by atoms with E-state index in [9.17, 15) is 0 Å². The zero-order valence-electron chi connectivity index (χ0n) is 76.2. The van der Waals surface area contributed by atoms with E-state index in [0.717, 1.165) is 276 Å². The first-order valence-electron chi connectivity index (χ1n) is 47.1. The Morgan fingerprint density at radius 2 is 0.380 bits per heavy atom. The molecule has 0 aliphatic carbocycles. The molecule has 0 aliphatic heterocycles. The van der Waals surface area contributed by atoms with E-state index in [2.05, 4.69) is 380 Å². The van der Waals surface area contributed by atoms with Crippen molar-refractivity contribution >= 4 is 142 Å². The van der Waals surface area contributed by atoms with Crippen molar-refractivity contribution < 1.29 is 0 Å². The third-order valence-corrected chi connectivity index (χ3v) is 26.9. The summed E-state index contributed by atoms with van der Waals surface area (Å²) in [7, 11) is 0. The first-order chi connectivity index (χ1) is 70.3. The highest BCUT2D eigenvalue weighted by molar-refractivity contribution is 6.12. The molecule has 28 rings (SSSR count). The quantitative estimate of drug-likeness (QED) is 0.105. The summed E-state index contributed by atoms with van der Waals surface area (Å²) in [5, 5.41) is 15.4. The van der Waals surface area contributed by atoms with Crippen molar-refractivity contribution in [2.75, 3.05) is 0 Å². The van der Waals surface area contributed by atoms with Gasteiger partial charge in [-0.3, -0.25) is 39.9 Å². The standard InChI is InChI=1S/C45H27N5.2C41H25N5/c1-2-6-36-35(5-1)37(16-17-38(36)41-20-15-32-10-9-31-4-3-23-47-44(31)45(32)50-41)40-19-14-29-8-12-34(27-43(29)49-40)33-11-7-28-13-18-39(48-42(28)26-33)30-21-24-46-25-22-30;1-3-33-23-35(34-4-2-20-44-41(34)40(33)43-19-1)26-5-7-27(8-6-26)36-15-13-28-9-11-31(24-38(28)45-36)32-12-10-29-14-16-37(46-39(29)25-32)30-17-21-42-22-18-30;1-2-31-11-14-35-34(19-23-44-41(35)40(31)43-20-1)26-3-5-27(6-4-26)36-15-12-28-7-9-32(24-38(28)45-36)33-10-8-29-13-16-37(46-39(29)25-33)30-17-21-42-22-18-30/h1-27H;2*1-25H. The summed E-state index contributed by atoms with van der Waals surface area (Å²) in [6, 6.07) is 139. The van der Waals surface area contributed by atoms with Crippen LogP contribution >= 0.6 is 0 Å². The predicted octanol–water partition coefficient (Wildman–Crippen LogP) is 31.0. The second kappa shape index (κ2) is 35.6. The molecule has 142 heavy (non-hydrogen) atoms. The number of pyridine rings is 15. The minimum atomic E-state index is 0.914. The summed E-state index contributed by atoms with van der Waals surface area (Å²) in [4.78, 5) is 71.1. The molecule has 660 valence electrons. The molecule has 15 heterocycles. The fraction of sp³-hybridized carbons (Fsp3) is 0. The molecule has 0 fully saturated rings. The Hall–Kier alpha value is -19.5. The van der Waals surface area contributed by atoms with Crippen LogP contribution in [0.5, 0.6) is 0 Å². The second-order valence-electron chi connectivity index (χ2n) is 35.4. The largest absolute Gasteiger partial charge is 0.265 e. The Bertz CT molecular complexity index is 9860. The van der Waals surface area contributed by atoms with Crippen LogP contribution in [-0.2, 0) is 0 Å². The van der Waals surface area contributed by atoms with E-state index < -0.39 is 0 Å². The van der Waals surface area contributed by atoms with Gasteiger partial charge in [-0.2, -0.15) is 0 Å². The van der Waals surface area contributed by atoms with Gasteiger partial charge < -0.3 is 0 Å². The van der Waals surface area contributed by atoms with Gasteiger partial charge in [-0.1, -0.05) is 249 Å². The van der Waals surface area contributed by atoms with Crippen molar-refractivity contribution in [3.05, 3.63) is 469 Å². The molecule has 0 saturated carbocycles. The molecule has 0 unspecified atom stereocenters. The van der Waals surface area contributed by atoms with Crippen LogP contribution in [-0.4, -0.2) is 74.8 Å². The van der Waals surface area contributed by atoms with E-state index in [0.29, 0.717) is 0 Å². The number of fused-ring (bicyclic) bond motifs is 16. The number of hydrogen-bond donors (Lipinski definition) is 0. The molecule has 0 amide bonds. The zero-order chi connectivity index (χ0) is 93.9. The molecular formula is C127H77N15. The lowest BCUT2D eigenvalue weighted by molar-refractivity contribution is 1.31. The predicted molar refractivity (Wildman–Crippen MR) is 579 cm³/mol. The van der Waals surface area contributed by atoms with Gasteiger partial charge in [-0.05, 0) is 218 Å². The molecule has 0 saturated heterocycles. The summed E-state index contributed by atoms with van der Waals surface area (Å²) < 4.78 is 0. The topological polar surface area (TPSA) is 193 Å². The number of hydrogen-bond acceptors (Lipinski definition) is 15. The Balaban J connectivity index is 0.000000109. The molecular weight excluding hydrogens is 1740 g/mol. The highest BCUT2D eigenvalue weighted by Crippen LogP contribution is 2.42. The Kier molecular flexibility index (Phi) is 20.9. The molecule has 13 aromatic carbocycles. The van der Waals surface area contributed by atoms with Gasteiger partial charge in [-0.25, -0.2) is 34.9 Å². The normalized spacial score (nSPS) is 11.5. The molecule has 0 radical (unpaired) electrons. The lowest BCUT2D eigenvalue weighted by atomic mass is 9.95. The minimum absolute atomic E-state index is 0.914. The van der Waals surface area contributed by atoms with E-state index >= 15 is 0 Å². The molecule has 0 aliphatic rings. The van der Waals surface area contributed by atoms with Gasteiger partial charge in [0.1, 0.15) is 0 Å². The molecule has 15 nitrogen and oxygen atoms in total. The third kappa shape index (κ3) is 15.8. The highest BCUT2D eigenvalue weighted by Gasteiger charge is 2.20. The maximum atomic E-state index is 5.23. The number of nitrogens with zero attached hydrogens (tertiary/aromatic N) is 15. The van der Waals surface area contributed by atoms with Gasteiger partial charge in [0, 0.05) is 172 Å². The summed E-state index contributed by atoms with van der Waals surface area (Å²) in [6.07, 6.45) is 20.0. The van der Waals surface area contributed by atoms with Gasteiger partial charge in [0.2, 0.25) is 0 Å². The first kappa shape index (κ1) is 83.1. The van der Waals surface area contributed by atoms with Crippen LogP contribution in [0.25, 0.3) is 276 Å². The smallest absolute Gasteiger partial charge is 0.0972 e. The Morgan fingerprint density at radius 3 is 0.782 bits per heavy atom. The van der Waals surface area contributed by atoms with Crippen LogP contribution in [0.3, 0.4) is 0 Å². The van der Waals surface area contributed by atoms with E-state index in [1.54, 1.807) is 37.2 Å². The summed E-state index contributed by atoms with van der Waals surface area (Å²) in [6.45, 7) is 0. The average molecular weight is 1810 g/mol. The van der Waals surface area contributed by atoms with Crippen LogP contribution in [0.15, 0.2) is 469 Å². The number of aromatic nitrogens is 15. The van der Waals surface area contributed by atoms with Crippen molar-refractivity contribution in [3.63, 3.8) is 0 Å². The highest BCUT2D eigenvalue weighted by atomic mass is 14.8. The molecule has 0 atom stereocenters. The van der Waals surface area contributed by atoms with Gasteiger partial charge in [0.25, 0.3) is 0 Å². The average Bonchev–Trinajstić information content (AvgIpc) is 0.766. The fourth-order valence-electron chi connectivity index (χ4n) is 19.6. The van der Waals surface area contributed by atoms with Crippen LogP contribution in [0.2, 0.25) is 0 Å². The third-order valence-electron chi connectivity index (χ3n) is 26.9. The first-order valence-corrected chi connectivity index (χ1v) is 47.1. The SMILES string of the molecule is c1cnc2c(c1)cc(-c1ccc(-c3ccc4ccc(-c5ccc6ccc(-c7ccncc7)nc6c5)cc4n3)cc1)c1cccnc12.c1cnc2c(c1)ccc1c(-c3ccc(-c4ccc5ccc(-c6ccc7ccc(-c8ccncc8)nc7c6)cc5n4)cc3)ccnc12.c1cnc2c(c1)ccc1ccc(-c3ccc(-c4ccc5ccc(-c6ccc7ccc(-c8ccncc8)nc7c6)cc5n4)c4ccccc34)nc12. The zero-order valence-corrected chi connectivity index (χ0v) is 76.2. The molecule has 15 aromatic heterocycles. The fourth-order valence-corrected chi connectivity index (χ4v) is 19.6. The molecule has 0 bridgehead atoms. The van der Waals surface area contributed by atoms with Gasteiger partial charge >= 0.3 is 0 Å². The monoisotopic (exact) mass is 1810 g/mol. The summed E-state index contributed by atoms with van der Waals surface area (Å²) in [5.74, 6) is 0. The number of benzene rings is 13. The van der Waals surface area contributed by atoms with E-state index in [4.69, 9.17) is 34.9 Å². The molecule has 0 N–H and O–H groups in total. The van der Waals surface area contributed by atoms with Gasteiger partial charge in [0.15, 0.2) is 0 Å². The van der Waals surface area contributed by atoms with Crippen LogP contribution in [0, 0.1) is 0 Å². The van der Waals surface area contributed by atoms with Crippen molar-refractivity contribution in [3.8, 4) is 134 Å². The Labute approximate surface area is 813 Å². The number of rotatable bonds is 12. The summed E-state index contributed by atoms with van der Waals surface area (Å²) >= 11 is 0. The van der Waals surface area contributed by atoms with Crippen molar-refractivity contribution in [2.45, 2.75) is 0 Å². The van der Waals surface area contributed by atoms with Crippen molar-refractivity contribution in [1.29, 1.82) is 0 Å². The van der Waals surface area contributed by atoms with E-state index in [1.807, 2.05) is 91.6 Å². The Morgan fingerprint density at radius 1 is 0.120 bits per heavy atom. The molecule has 0 spiro atoms. The van der Waals surface area contributed by atoms with Crippen molar-refractivity contribution in [2.24, 2.45) is 0 Å². The summed E-state index contributed by atoms with van der Waals surface area (Å²) in [5.41, 5.74) is 36.4. The molecule has 15 heteroatoms. The van der Waals surface area contributed by atoms with Crippen molar-refractivity contribution in [1.82, 2.24) is 74.8 Å². The lowest BCUT2D eigenvalue weighted by Crippen LogP contribution is -1.92. The van der Waals surface area contributed by atoms with Gasteiger partial charge in [0.05, 0.1) is 106 Å². The van der Waals surface area contributed by atoms with Crippen LogP contribution < -0.4 is 0 Å². The van der Waals surface area contributed by atoms with Crippen LogP contribution in [0.4, 0.5) is 0 Å². The maximum Gasteiger partial charge on any atom is 0.0972 e. The maximum absolute atomic E-state index is 5.23. The van der Waals surface area contributed by atoms with Gasteiger partial charge in [-0.15, -0.1) is 0 Å². The molecule has 28 aromatic rings. The van der Waals surface area contributed by atoms with E-state index in [-0.39, 0.29) is 0 Å². The van der Waals surface area contributed by atoms with Crippen LogP contribution in [0.1, 0.15) is 0 Å². The lowest BCUT2D eigenvalue weighted by Gasteiger charge is -2.13. The second-order valence-corrected chi connectivity index (χ2v) is 35.4. The van der Waals surface area contributed by atoms with E-state index in [1.165, 1.54) is 0 Å².